The number of anilines is 2. The minimum absolute atomic E-state index is 0.543. The van der Waals surface area contributed by atoms with E-state index in [4.69, 9.17) is 14.5 Å². The number of nitrogens with zero attached hydrogens (tertiary/aromatic N) is 6. The summed E-state index contributed by atoms with van der Waals surface area (Å²) in [5, 5.41) is 1.06. The molecular formula is C28H30N6O2S. The van der Waals surface area contributed by atoms with Crippen molar-refractivity contribution in [2.75, 3.05) is 33.2 Å². The number of rotatable bonds is 9. The van der Waals surface area contributed by atoms with Crippen LogP contribution in [0.4, 0.5) is 11.4 Å². The van der Waals surface area contributed by atoms with Crippen LogP contribution in [0.25, 0.3) is 22.0 Å². The molecular weight excluding hydrogens is 484 g/mol. The molecule has 37 heavy (non-hydrogen) atoms. The Morgan fingerprint density at radius 2 is 1.65 bits per heavy atom. The molecule has 0 bridgehead atoms. The molecule has 0 aliphatic rings. The first-order valence-corrected chi connectivity index (χ1v) is 12.6. The molecule has 190 valence electrons. The quantitative estimate of drug-likeness (QED) is 0.232. The monoisotopic (exact) mass is 514 g/mol. The zero-order valence-electron chi connectivity index (χ0n) is 21.6. The molecule has 0 saturated carbocycles. The van der Waals surface area contributed by atoms with Crippen LogP contribution in [0.3, 0.4) is 0 Å². The van der Waals surface area contributed by atoms with Crippen molar-refractivity contribution in [3.8, 4) is 22.6 Å². The van der Waals surface area contributed by atoms with Gasteiger partial charge in [0, 0.05) is 96.3 Å². The molecule has 0 atom stereocenters. The lowest BCUT2D eigenvalue weighted by Crippen LogP contribution is -2.19. The SMILES string of the molecule is COc1cc(OC)cc(N(Cc2nccn2SN(C)C)c2ccc3ncc(-c4ccn(C)c4)cc3c2)c1. The van der Waals surface area contributed by atoms with Gasteiger partial charge in [0.15, 0.2) is 0 Å². The number of ether oxygens (including phenoxy) is 2. The Bertz CT molecular complexity index is 1500. The van der Waals surface area contributed by atoms with E-state index >= 15 is 0 Å². The highest BCUT2D eigenvalue weighted by Crippen LogP contribution is 2.36. The predicted octanol–water partition coefficient (Wildman–Crippen LogP) is 5.77. The smallest absolute Gasteiger partial charge is 0.139 e. The van der Waals surface area contributed by atoms with Crippen molar-refractivity contribution in [3.05, 3.63) is 85.3 Å². The summed E-state index contributed by atoms with van der Waals surface area (Å²) < 4.78 is 17.3. The van der Waals surface area contributed by atoms with Crippen molar-refractivity contribution in [1.29, 1.82) is 0 Å². The molecule has 0 unspecified atom stereocenters. The summed E-state index contributed by atoms with van der Waals surface area (Å²) in [7, 11) is 9.38. The molecule has 5 aromatic rings. The molecule has 3 heterocycles. The molecule has 0 saturated heterocycles. The molecule has 5 rings (SSSR count). The maximum absolute atomic E-state index is 5.58. The fraction of sp³-hybridized carbons (Fsp3) is 0.214. The second kappa shape index (κ2) is 10.6. The van der Waals surface area contributed by atoms with Gasteiger partial charge in [-0.2, -0.15) is 0 Å². The standard InChI is InChI=1S/C28H30N6O2S/c1-31(2)37-34-11-9-29-28(34)19-33(24-14-25(35-4)16-26(15-24)36-5)23-6-7-27-21(13-23)12-22(17-30-27)20-8-10-32(3)18-20/h6-18H,19H2,1-5H3. The first-order chi connectivity index (χ1) is 17.9. The fourth-order valence-corrected chi connectivity index (χ4v) is 4.88. The van der Waals surface area contributed by atoms with Gasteiger partial charge >= 0.3 is 0 Å². The van der Waals surface area contributed by atoms with E-state index in [0.29, 0.717) is 6.54 Å². The minimum atomic E-state index is 0.543. The van der Waals surface area contributed by atoms with Crippen LogP contribution in [0.2, 0.25) is 0 Å². The fourth-order valence-electron chi connectivity index (χ4n) is 4.22. The summed E-state index contributed by atoms with van der Waals surface area (Å²) in [5.74, 6) is 2.36. The Hall–Kier alpha value is -3.95. The molecule has 0 spiro atoms. The largest absolute Gasteiger partial charge is 0.497 e. The Kier molecular flexibility index (Phi) is 7.07. The Morgan fingerprint density at radius 1 is 0.865 bits per heavy atom. The lowest BCUT2D eigenvalue weighted by molar-refractivity contribution is 0.394. The van der Waals surface area contributed by atoms with Crippen LogP contribution in [0.1, 0.15) is 5.82 Å². The van der Waals surface area contributed by atoms with E-state index in [2.05, 4.69) is 50.4 Å². The van der Waals surface area contributed by atoms with E-state index in [0.717, 1.165) is 50.7 Å². The number of fused-ring (bicyclic) bond motifs is 1. The van der Waals surface area contributed by atoms with Crippen molar-refractivity contribution in [2.24, 2.45) is 7.05 Å². The first kappa shape index (κ1) is 24.7. The highest BCUT2D eigenvalue weighted by atomic mass is 32.2. The van der Waals surface area contributed by atoms with Crippen LogP contribution in [-0.2, 0) is 13.6 Å². The number of hydrogen-bond donors (Lipinski definition) is 0. The molecule has 8 nitrogen and oxygen atoms in total. The number of benzene rings is 2. The third kappa shape index (κ3) is 5.42. The molecule has 9 heteroatoms. The van der Waals surface area contributed by atoms with Gasteiger partial charge in [0.05, 0.1) is 26.3 Å². The zero-order valence-corrected chi connectivity index (χ0v) is 22.4. The van der Waals surface area contributed by atoms with Crippen LogP contribution >= 0.6 is 12.1 Å². The molecule has 0 aliphatic carbocycles. The van der Waals surface area contributed by atoms with Gasteiger partial charge in [0.25, 0.3) is 0 Å². The third-order valence-corrected chi connectivity index (χ3v) is 6.86. The average molecular weight is 515 g/mol. The summed E-state index contributed by atoms with van der Waals surface area (Å²) in [6.45, 7) is 0.543. The average Bonchev–Trinajstić information content (AvgIpc) is 3.54. The molecule has 0 fully saturated rings. The van der Waals surface area contributed by atoms with E-state index in [1.807, 2.05) is 73.0 Å². The van der Waals surface area contributed by atoms with Gasteiger partial charge in [-0.1, -0.05) is 0 Å². The number of hydrogen-bond acceptors (Lipinski definition) is 7. The van der Waals surface area contributed by atoms with Gasteiger partial charge in [0.1, 0.15) is 17.3 Å². The molecule has 0 amide bonds. The second-order valence-corrected chi connectivity index (χ2v) is 10.2. The number of aromatic nitrogens is 4. The van der Waals surface area contributed by atoms with Crippen LogP contribution in [-0.4, -0.2) is 51.1 Å². The van der Waals surface area contributed by atoms with Crippen LogP contribution in [0.5, 0.6) is 11.5 Å². The van der Waals surface area contributed by atoms with Crippen molar-refractivity contribution in [2.45, 2.75) is 6.54 Å². The van der Waals surface area contributed by atoms with E-state index in [1.165, 1.54) is 0 Å². The van der Waals surface area contributed by atoms with Gasteiger partial charge in [-0.15, -0.1) is 0 Å². The number of imidazole rings is 1. The van der Waals surface area contributed by atoms with Crippen molar-refractivity contribution < 1.29 is 9.47 Å². The first-order valence-electron chi connectivity index (χ1n) is 11.8. The van der Waals surface area contributed by atoms with Gasteiger partial charge in [-0.25, -0.2) is 9.29 Å². The summed E-state index contributed by atoms with van der Waals surface area (Å²) in [6, 6.07) is 16.5. The summed E-state index contributed by atoms with van der Waals surface area (Å²) in [6.07, 6.45) is 9.87. The summed E-state index contributed by atoms with van der Waals surface area (Å²) in [5.41, 5.74) is 5.11. The molecule has 2 aromatic carbocycles. The summed E-state index contributed by atoms with van der Waals surface area (Å²) in [4.78, 5) is 11.6. The maximum atomic E-state index is 5.58. The van der Waals surface area contributed by atoms with E-state index in [-0.39, 0.29) is 0 Å². The predicted molar refractivity (Wildman–Crippen MR) is 150 cm³/mol. The number of methoxy groups -OCH3 is 2. The van der Waals surface area contributed by atoms with Crippen LogP contribution < -0.4 is 14.4 Å². The Morgan fingerprint density at radius 3 is 2.32 bits per heavy atom. The normalized spacial score (nSPS) is 11.3. The molecule has 0 N–H and O–H groups in total. The Balaban J connectivity index is 1.61. The van der Waals surface area contributed by atoms with Crippen LogP contribution in [0.15, 0.2) is 79.5 Å². The van der Waals surface area contributed by atoms with E-state index < -0.39 is 0 Å². The lowest BCUT2D eigenvalue weighted by atomic mass is 10.1. The second-order valence-electron chi connectivity index (χ2n) is 8.89. The molecule has 0 radical (unpaired) electrons. The minimum Gasteiger partial charge on any atom is -0.497 e. The highest BCUT2D eigenvalue weighted by Gasteiger charge is 2.17. The van der Waals surface area contributed by atoms with E-state index in [9.17, 15) is 0 Å². The lowest BCUT2D eigenvalue weighted by Gasteiger charge is -2.26. The van der Waals surface area contributed by atoms with Crippen molar-refractivity contribution in [1.82, 2.24) is 22.8 Å². The molecule has 0 aliphatic heterocycles. The van der Waals surface area contributed by atoms with Gasteiger partial charge < -0.3 is 18.9 Å². The van der Waals surface area contributed by atoms with Crippen molar-refractivity contribution >= 4 is 34.4 Å². The number of aryl methyl sites for hydroxylation is 1. The zero-order chi connectivity index (χ0) is 25.9. The topological polar surface area (TPSA) is 60.6 Å². The van der Waals surface area contributed by atoms with E-state index in [1.54, 1.807) is 26.4 Å². The number of pyridine rings is 1. The summed E-state index contributed by atoms with van der Waals surface area (Å²) >= 11 is 1.58. The maximum Gasteiger partial charge on any atom is 0.139 e. The van der Waals surface area contributed by atoms with Crippen molar-refractivity contribution in [3.63, 3.8) is 0 Å². The Labute approximate surface area is 221 Å². The van der Waals surface area contributed by atoms with Crippen LogP contribution in [0, 0.1) is 0 Å². The van der Waals surface area contributed by atoms with Gasteiger partial charge in [-0.3, -0.25) is 8.96 Å². The third-order valence-electron chi connectivity index (χ3n) is 6.02. The van der Waals surface area contributed by atoms with Gasteiger partial charge in [-0.05, 0) is 44.4 Å². The van der Waals surface area contributed by atoms with Gasteiger partial charge in [0.2, 0.25) is 0 Å². The molecule has 3 aromatic heterocycles. The highest BCUT2D eigenvalue weighted by molar-refractivity contribution is 7.95.